The summed E-state index contributed by atoms with van der Waals surface area (Å²) in [6.07, 6.45) is 6.98. The number of unbranched alkanes of at least 4 members (excludes halogenated alkanes) is 1. The lowest BCUT2D eigenvalue weighted by Gasteiger charge is -2.07. The Morgan fingerprint density at radius 3 is 1.75 bits per heavy atom. The molecule has 0 rings (SSSR count). The summed E-state index contributed by atoms with van der Waals surface area (Å²) in [5.74, 6) is 0.968. The van der Waals surface area contributed by atoms with Gasteiger partial charge in [0.25, 0.3) is 0 Å². The van der Waals surface area contributed by atoms with Gasteiger partial charge in [-0.2, -0.15) is 0 Å². The number of rotatable bonds is 5. The normalized spacial score (nSPS) is 10.8. The summed E-state index contributed by atoms with van der Waals surface area (Å²) >= 11 is 0. The maximum Gasteiger partial charge on any atom is -0.0443 e. The Morgan fingerprint density at radius 2 is 1.42 bits per heavy atom. The van der Waals surface area contributed by atoms with Crippen molar-refractivity contribution in [2.45, 2.75) is 74.1 Å². The molecule has 0 heterocycles. The van der Waals surface area contributed by atoms with Crippen LogP contribution >= 0.6 is 0 Å². The fourth-order valence-corrected chi connectivity index (χ4v) is 1.19. The first-order valence-corrected chi connectivity index (χ1v) is 5.31. The molecular weight excluding hydrogens is 144 g/mol. The van der Waals surface area contributed by atoms with Crippen LogP contribution in [0.4, 0.5) is 0 Å². The zero-order chi connectivity index (χ0) is 9.11. The van der Waals surface area contributed by atoms with Gasteiger partial charge < -0.3 is 0 Å². The van der Waals surface area contributed by atoms with Gasteiger partial charge in [0.1, 0.15) is 0 Å². The zero-order valence-electron chi connectivity index (χ0n) is 9.11. The molecule has 12 heavy (non-hydrogen) atoms. The molecule has 0 saturated heterocycles. The summed E-state index contributed by atoms with van der Waals surface area (Å²) < 4.78 is 0. The van der Waals surface area contributed by atoms with Gasteiger partial charge in [-0.25, -0.2) is 0 Å². The minimum atomic E-state index is 0. The summed E-state index contributed by atoms with van der Waals surface area (Å²) in [5.41, 5.74) is 0. The van der Waals surface area contributed by atoms with E-state index in [1.54, 1.807) is 0 Å². The van der Waals surface area contributed by atoms with Crippen molar-refractivity contribution in [3.8, 4) is 0 Å². The second-order valence-corrected chi connectivity index (χ2v) is 3.04. The molecule has 0 amide bonds. The maximum atomic E-state index is 2.36. The van der Waals surface area contributed by atoms with Crippen molar-refractivity contribution in [1.82, 2.24) is 0 Å². The Morgan fingerprint density at radius 1 is 0.917 bits per heavy atom. The fraction of sp³-hybridized carbons (Fsp3) is 1.00. The van der Waals surface area contributed by atoms with Crippen molar-refractivity contribution >= 4 is 0 Å². The number of hydrogen-bond donors (Lipinski definition) is 0. The first kappa shape index (κ1) is 17.9. The third-order valence-corrected chi connectivity index (χ3v) is 1.83. The third kappa shape index (κ3) is 16.5. The lowest BCUT2D eigenvalue weighted by Crippen LogP contribution is -1.92. The summed E-state index contributed by atoms with van der Waals surface area (Å²) in [7, 11) is 0. The van der Waals surface area contributed by atoms with Gasteiger partial charge in [0.15, 0.2) is 0 Å². The molecule has 0 aliphatic heterocycles. The minimum absolute atomic E-state index is 0. The molecule has 0 heteroatoms. The van der Waals surface area contributed by atoms with Gasteiger partial charge in [-0.15, -0.1) is 0 Å². The fourth-order valence-electron chi connectivity index (χ4n) is 1.19. The molecule has 0 bridgehead atoms. The standard InChI is InChI=1S/C9H20.C2H6.CH4/c1-4-6-8-9(3)7-5-2;1-2;/h9H,4-8H2,1-3H3;1-2H3;1H4. The van der Waals surface area contributed by atoms with Crippen molar-refractivity contribution in [2.75, 3.05) is 0 Å². The van der Waals surface area contributed by atoms with Crippen molar-refractivity contribution in [3.63, 3.8) is 0 Å². The molecule has 0 aliphatic carbocycles. The van der Waals surface area contributed by atoms with Gasteiger partial charge in [0.2, 0.25) is 0 Å². The van der Waals surface area contributed by atoms with E-state index in [2.05, 4.69) is 20.8 Å². The molecule has 0 fully saturated rings. The molecule has 0 spiro atoms. The summed E-state index contributed by atoms with van der Waals surface area (Å²) in [5, 5.41) is 0. The highest BCUT2D eigenvalue weighted by molar-refractivity contribution is 4.50. The molecule has 0 saturated carbocycles. The van der Waals surface area contributed by atoms with E-state index in [1.165, 1.54) is 32.1 Å². The van der Waals surface area contributed by atoms with Crippen LogP contribution in [0.1, 0.15) is 74.1 Å². The zero-order valence-corrected chi connectivity index (χ0v) is 9.11. The van der Waals surface area contributed by atoms with Crippen LogP contribution in [0.15, 0.2) is 0 Å². The highest BCUT2D eigenvalue weighted by Gasteiger charge is 1.97. The SMILES string of the molecule is C.CC.CCCCC(C)CCC. The summed E-state index contributed by atoms with van der Waals surface area (Å²) in [6.45, 7) is 10.9. The highest BCUT2D eigenvalue weighted by atomic mass is 14.0. The van der Waals surface area contributed by atoms with Gasteiger partial charge in [-0.05, 0) is 5.92 Å². The average molecular weight is 174 g/mol. The van der Waals surface area contributed by atoms with Gasteiger partial charge >= 0.3 is 0 Å². The second kappa shape index (κ2) is 17.2. The van der Waals surface area contributed by atoms with Gasteiger partial charge in [0, 0.05) is 0 Å². The first-order valence-electron chi connectivity index (χ1n) is 5.31. The van der Waals surface area contributed by atoms with Crippen LogP contribution in [-0.2, 0) is 0 Å². The Hall–Kier alpha value is 0. The van der Waals surface area contributed by atoms with Crippen LogP contribution in [0.5, 0.6) is 0 Å². The van der Waals surface area contributed by atoms with E-state index in [9.17, 15) is 0 Å². The van der Waals surface area contributed by atoms with Crippen molar-refractivity contribution in [3.05, 3.63) is 0 Å². The molecule has 0 aromatic heterocycles. The molecule has 78 valence electrons. The van der Waals surface area contributed by atoms with Crippen molar-refractivity contribution in [1.29, 1.82) is 0 Å². The Labute approximate surface area is 80.8 Å². The predicted octanol–water partition coefficient (Wildman–Crippen LogP) is 5.28. The van der Waals surface area contributed by atoms with E-state index in [0.717, 1.165) is 5.92 Å². The van der Waals surface area contributed by atoms with Crippen LogP contribution in [0.3, 0.4) is 0 Å². The van der Waals surface area contributed by atoms with Crippen LogP contribution in [0, 0.1) is 5.92 Å². The van der Waals surface area contributed by atoms with E-state index in [1.807, 2.05) is 13.8 Å². The largest absolute Gasteiger partial charge is 0.0776 e. The van der Waals surface area contributed by atoms with Crippen LogP contribution in [0.2, 0.25) is 0 Å². The highest BCUT2D eigenvalue weighted by Crippen LogP contribution is 2.12. The molecule has 0 radical (unpaired) electrons. The van der Waals surface area contributed by atoms with Crippen LogP contribution in [-0.4, -0.2) is 0 Å². The van der Waals surface area contributed by atoms with Gasteiger partial charge in [-0.1, -0.05) is 74.1 Å². The summed E-state index contributed by atoms with van der Waals surface area (Å²) in [6, 6.07) is 0. The topological polar surface area (TPSA) is 0 Å². The predicted molar refractivity (Wildman–Crippen MR) is 61.7 cm³/mol. The first-order chi connectivity index (χ1) is 5.31. The van der Waals surface area contributed by atoms with Crippen LogP contribution < -0.4 is 0 Å². The lowest BCUT2D eigenvalue weighted by atomic mass is 10.00. The minimum Gasteiger partial charge on any atom is -0.0776 e. The lowest BCUT2D eigenvalue weighted by molar-refractivity contribution is 0.466. The third-order valence-electron chi connectivity index (χ3n) is 1.83. The second-order valence-electron chi connectivity index (χ2n) is 3.04. The molecule has 0 aromatic carbocycles. The molecule has 1 unspecified atom stereocenters. The molecule has 0 N–H and O–H groups in total. The molecule has 1 atom stereocenters. The molecule has 0 aliphatic rings. The average Bonchev–Trinajstić information content (AvgIpc) is 2.05. The van der Waals surface area contributed by atoms with Gasteiger partial charge in [0.05, 0.1) is 0 Å². The van der Waals surface area contributed by atoms with E-state index < -0.39 is 0 Å². The monoisotopic (exact) mass is 174 g/mol. The summed E-state index contributed by atoms with van der Waals surface area (Å²) in [4.78, 5) is 0. The van der Waals surface area contributed by atoms with E-state index in [0.29, 0.717) is 0 Å². The number of hydrogen-bond acceptors (Lipinski definition) is 0. The Bertz CT molecular complexity index is 48.0. The molecular formula is C12H30. The van der Waals surface area contributed by atoms with E-state index in [4.69, 9.17) is 0 Å². The molecule has 0 nitrogen and oxygen atoms in total. The van der Waals surface area contributed by atoms with Crippen LogP contribution in [0.25, 0.3) is 0 Å². The Balaban J connectivity index is -0.000000249. The smallest absolute Gasteiger partial charge is 0.0443 e. The van der Waals surface area contributed by atoms with Crippen molar-refractivity contribution in [2.24, 2.45) is 5.92 Å². The van der Waals surface area contributed by atoms with E-state index in [-0.39, 0.29) is 7.43 Å². The van der Waals surface area contributed by atoms with Crippen molar-refractivity contribution < 1.29 is 0 Å². The maximum absolute atomic E-state index is 2.36. The molecule has 0 aromatic rings. The van der Waals surface area contributed by atoms with E-state index >= 15 is 0 Å². The quantitative estimate of drug-likeness (QED) is 0.532. The van der Waals surface area contributed by atoms with Gasteiger partial charge in [-0.3, -0.25) is 0 Å². The Kier molecular flexibility index (Phi) is 25.7.